The van der Waals surface area contributed by atoms with Gasteiger partial charge in [0, 0.05) is 45.2 Å². The number of anilines is 1. The first-order valence-electron chi connectivity index (χ1n) is 8.94. The number of rotatable bonds is 6. The fraction of sp³-hybridized carbons (Fsp3) is 0.750. The van der Waals surface area contributed by atoms with Gasteiger partial charge in [0.25, 0.3) is 0 Å². The molecule has 2 heterocycles. The van der Waals surface area contributed by atoms with E-state index in [2.05, 4.69) is 15.3 Å². The zero-order valence-corrected chi connectivity index (χ0v) is 15.5. The Bertz CT molecular complexity index is 688. The average molecular weight is 369 g/mol. The molecule has 2 fully saturated rings. The van der Waals surface area contributed by atoms with Crippen LogP contribution in [0.5, 0.6) is 0 Å². The number of amides is 1. The van der Waals surface area contributed by atoms with Gasteiger partial charge in [0.15, 0.2) is 0 Å². The highest BCUT2D eigenvalue weighted by atomic mass is 32.2. The second kappa shape index (κ2) is 7.84. The van der Waals surface area contributed by atoms with E-state index in [1.54, 1.807) is 6.20 Å². The zero-order valence-electron chi connectivity index (χ0n) is 14.7. The molecule has 0 atom stereocenters. The van der Waals surface area contributed by atoms with Gasteiger partial charge in [-0.25, -0.2) is 13.1 Å². The van der Waals surface area contributed by atoms with E-state index >= 15 is 0 Å². The first-order valence-corrected chi connectivity index (χ1v) is 10.8. The van der Waals surface area contributed by atoms with E-state index in [-0.39, 0.29) is 5.91 Å². The molecule has 0 spiro atoms. The number of nitrogens with one attached hydrogen (secondary N) is 1. The smallest absolute Gasteiger partial charge is 0.226 e. The fourth-order valence-electron chi connectivity index (χ4n) is 3.60. The summed E-state index contributed by atoms with van der Waals surface area (Å²) in [5, 5.41) is 7.33. The van der Waals surface area contributed by atoms with Crippen LogP contribution in [0, 0.1) is 0 Å². The average Bonchev–Trinajstić information content (AvgIpc) is 3.23. The van der Waals surface area contributed by atoms with Crippen LogP contribution in [-0.4, -0.2) is 72.3 Å². The summed E-state index contributed by atoms with van der Waals surface area (Å²) in [4.78, 5) is 14.4. The minimum atomic E-state index is -3.11. The summed E-state index contributed by atoms with van der Waals surface area (Å²) < 4.78 is 26.5. The molecule has 3 rings (SSSR count). The highest BCUT2D eigenvalue weighted by molar-refractivity contribution is 7.88. The van der Waals surface area contributed by atoms with Crippen LogP contribution in [0.3, 0.4) is 0 Å². The fourth-order valence-corrected chi connectivity index (χ4v) is 4.43. The van der Waals surface area contributed by atoms with Gasteiger partial charge in [0.2, 0.25) is 15.9 Å². The number of carbonyl (C=O) groups excluding carboxylic acids is 1. The first-order chi connectivity index (χ1) is 11.9. The molecule has 1 saturated heterocycles. The van der Waals surface area contributed by atoms with E-state index in [4.69, 9.17) is 0 Å². The van der Waals surface area contributed by atoms with Gasteiger partial charge in [-0.3, -0.25) is 4.79 Å². The number of nitrogens with zero attached hydrogens (tertiary/aromatic N) is 4. The Morgan fingerprint density at radius 3 is 2.56 bits per heavy atom. The maximum Gasteiger partial charge on any atom is 0.226 e. The maximum absolute atomic E-state index is 12.3. The number of hydrogen-bond donors (Lipinski definition) is 1. The van der Waals surface area contributed by atoms with Crippen molar-refractivity contribution >= 4 is 21.7 Å². The van der Waals surface area contributed by atoms with Gasteiger partial charge in [-0.05, 0) is 12.8 Å². The van der Waals surface area contributed by atoms with Gasteiger partial charge in [-0.1, -0.05) is 12.8 Å². The van der Waals surface area contributed by atoms with Crippen molar-refractivity contribution in [2.45, 2.75) is 38.1 Å². The molecule has 25 heavy (non-hydrogen) atoms. The van der Waals surface area contributed by atoms with Crippen LogP contribution in [0.25, 0.3) is 0 Å². The molecule has 140 valence electrons. The molecule has 8 nitrogen and oxygen atoms in total. The molecule has 0 unspecified atom stereocenters. The van der Waals surface area contributed by atoms with Gasteiger partial charge >= 0.3 is 0 Å². The van der Waals surface area contributed by atoms with Gasteiger partial charge in [-0.2, -0.15) is 9.40 Å². The molecule has 0 aromatic carbocycles. The molecular weight excluding hydrogens is 342 g/mol. The van der Waals surface area contributed by atoms with Gasteiger partial charge in [0.05, 0.1) is 18.5 Å². The molecule has 9 heteroatoms. The highest BCUT2D eigenvalue weighted by Gasteiger charge is 2.24. The molecule has 2 aliphatic rings. The number of carbonyl (C=O) groups is 1. The third-order valence-corrected chi connectivity index (χ3v) is 6.37. The number of hydrogen-bond acceptors (Lipinski definition) is 5. The van der Waals surface area contributed by atoms with Crippen LogP contribution in [0.15, 0.2) is 12.3 Å². The largest absolute Gasteiger partial charge is 0.311 e. The van der Waals surface area contributed by atoms with E-state index in [1.807, 2.05) is 10.7 Å². The molecule has 1 amide bonds. The van der Waals surface area contributed by atoms with Crippen molar-refractivity contribution in [2.24, 2.45) is 0 Å². The van der Waals surface area contributed by atoms with Crippen molar-refractivity contribution in [1.29, 1.82) is 0 Å². The topological polar surface area (TPSA) is 87.5 Å². The summed E-state index contributed by atoms with van der Waals surface area (Å²) in [6.45, 7) is 2.96. The summed E-state index contributed by atoms with van der Waals surface area (Å²) in [6, 6.07) is 2.25. The predicted molar refractivity (Wildman–Crippen MR) is 95.8 cm³/mol. The summed E-state index contributed by atoms with van der Waals surface area (Å²) >= 11 is 0. The predicted octanol–water partition coefficient (Wildman–Crippen LogP) is 0.904. The summed E-state index contributed by atoms with van der Waals surface area (Å²) in [6.07, 6.45) is 8.05. The number of sulfonamides is 1. The Kier molecular flexibility index (Phi) is 5.75. The molecular formula is C16H27N5O3S. The lowest BCUT2D eigenvalue weighted by molar-refractivity contribution is -0.116. The minimum Gasteiger partial charge on any atom is -0.311 e. The highest BCUT2D eigenvalue weighted by Crippen LogP contribution is 2.31. The van der Waals surface area contributed by atoms with Crippen LogP contribution >= 0.6 is 0 Å². The van der Waals surface area contributed by atoms with Crippen LogP contribution < -0.4 is 5.32 Å². The van der Waals surface area contributed by atoms with Crippen molar-refractivity contribution in [2.75, 3.05) is 44.3 Å². The van der Waals surface area contributed by atoms with Gasteiger partial charge < -0.3 is 10.2 Å². The van der Waals surface area contributed by atoms with Gasteiger partial charge in [0.1, 0.15) is 5.82 Å². The van der Waals surface area contributed by atoms with Crippen LogP contribution in [0.1, 0.15) is 38.1 Å². The standard InChI is InChI=1S/C16H27N5O3S/c1-25(23,24)20-12-10-19(11-13-20)9-7-16(22)18-15-6-8-17-21(15)14-4-2-3-5-14/h6,8,14H,2-5,7,9-13H2,1H3,(H,18,22). The zero-order chi connectivity index (χ0) is 17.9. The molecule has 1 N–H and O–H groups in total. The molecule has 0 bridgehead atoms. The summed E-state index contributed by atoms with van der Waals surface area (Å²) in [7, 11) is -3.11. The van der Waals surface area contributed by atoms with Gasteiger partial charge in [-0.15, -0.1) is 0 Å². The lowest BCUT2D eigenvalue weighted by Gasteiger charge is -2.33. The van der Waals surface area contributed by atoms with Crippen molar-refractivity contribution in [1.82, 2.24) is 19.0 Å². The van der Waals surface area contributed by atoms with E-state index in [0.29, 0.717) is 45.2 Å². The molecule has 1 aromatic heterocycles. The van der Waals surface area contributed by atoms with E-state index in [0.717, 1.165) is 18.7 Å². The quantitative estimate of drug-likeness (QED) is 0.805. The van der Waals surface area contributed by atoms with Crippen LogP contribution in [0.2, 0.25) is 0 Å². The van der Waals surface area contributed by atoms with E-state index in [9.17, 15) is 13.2 Å². The summed E-state index contributed by atoms with van der Waals surface area (Å²) in [5.74, 6) is 0.754. The Hall–Kier alpha value is -1.45. The number of aromatic nitrogens is 2. The molecule has 1 aliphatic heterocycles. The lowest BCUT2D eigenvalue weighted by atomic mass is 10.2. The first kappa shape index (κ1) is 18.3. The van der Waals surface area contributed by atoms with E-state index in [1.165, 1.54) is 23.4 Å². The third kappa shape index (κ3) is 4.80. The molecule has 1 aromatic rings. The second-order valence-corrected chi connectivity index (χ2v) is 8.88. The van der Waals surface area contributed by atoms with Crippen molar-refractivity contribution in [3.8, 4) is 0 Å². The van der Waals surface area contributed by atoms with Crippen LogP contribution in [-0.2, 0) is 14.8 Å². The Morgan fingerprint density at radius 2 is 1.92 bits per heavy atom. The Balaban J connectivity index is 1.44. The minimum absolute atomic E-state index is 0.0229. The SMILES string of the molecule is CS(=O)(=O)N1CCN(CCC(=O)Nc2ccnn2C2CCCC2)CC1. The Morgan fingerprint density at radius 1 is 1.24 bits per heavy atom. The molecule has 1 saturated carbocycles. The lowest BCUT2D eigenvalue weighted by Crippen LogP contribution is -2.48. The Labute approximate surface area is 149 Å². The molecule has 1 aliphatic carbocycles. The maximum atomic E-state index is 12.3. The normalized spacial score (nSPS) is 20.8. The second-order valence-electron chi connectivity index (χ2n) is 6.90. The third-order valence-electron chi connectivity index (χ3n) is 5.06. The molecule has 0 radical (unpaired) electrons. The van der Waals surface area contributed by atoms with Crippen LogP contribution in [0.4, 0.5) is 5.82 Å². The van der Waals surface area contributed by atoms with E-state index < -0.39 is 10.0 Å². The number of piperazine rings is 1. The van der Waals surface area contributed by atoms with Crippen molar-refractivity contribution < 1.29 is 13.2 Å². The summed E-state index contributed by atoms with van der Waals surface area (Å²) in [5.41, 5.74) is 0. The van der Waals surface area contributed by atoms with Crippen molar-refractivity contribution in [3.63, 3.8) is 0 Å². The van der Waals surface area contributed by atoms with Crippen molar-refractivity contribution in [3.05, 3.63) is 12.3 Å². The monoisotopic (exact) mass is 369 g/mol.